The van der Waals surface area contributed by atoms with Crippen LogP contribution in [0.2, 0.25) is 0 Å². The molecule has 0 unspecified atom stereocenters. The summed E-state index contributed by atoms with van der Waals surface area (Å²) in [5.41, 5.74) is -0.735. The average Bonchev–Trinajstić information content (AvgIpc) is 2.89. The van der Waals surface area contributed by atoms with Gasteiger partial charge >= 0.3 is 0 Å². The van der Waals surface area contributed by atoms with E-state index in [9.17, 15) is 4.79 Å². The lowest BCUT2D eigenvalue weighted by molar-refractivity contribution is -0.134. The van der Waals surface area contributed by atoms with Crippen LogP contribution < -0.4 is 0 Å². The lowest BCUT2D eigenvalue weighted by Crippen LogP contribution is -2.32. The zero-order valence-electron chi connectivity index (χ0n) is 8.56. The van der Waals surface area contributed by atoms with Gasteiger partial charge in [0.15, 0.2) is 0 Å². The molecule has 0 aromatic carbocycles. The van der Waals surface area contributed by atoms with Crippen LogP contribution in [-0.4, -0.2) is 17.9 Å². The van der Waals surface area contributed by atoms with Crippen LogP contribution in [0.4, 0.5) is 0 Å². The van der Waals surface area contributed by atoms with E-state index in [-0.39, 0.29) is 5.91 Å². The topological polar surface area (TPSA) is 57.2 Å². The van der Waals surface area contributed by atoms with Crippen LogP contribution in [0, 0.1) is 16.7 Å². The molecule has 15 heavy (non-hydrogen) atoms. The molecule has 1 amide bonds. The van der Waals surface area contributed by atoms with E-state index in [0.29, 0.717) is 19.4 Å². The SMILES string of the molecule is CN(Cc1ccco1)C(=O)C1(C#N)CC1. The van der Waals surface area contributed by atoms with Gasteiger partial charge in [-0.15, -0.1) is 0 Å². The number of hydrogen-bond donors (Lipinski definition) is 0. The van der Waals surface area contributed by atoms with Gasteiger partial charge in [-0.1, -0.05) is 0 Å². The number of rotatable bonds is 3. The van der Waals surface area contributed by atoms with Gasteiger partial charge in [0.25, 0.3) is 0 Å². The monoisotopic (exact) mass is 204 g/mol. The zero-order chi connectivity index (χ0) is 10.9. The third-order valence-corrected chi connectivity index (χ3v) is 2.69. The first-order valence-corrected chi connectivity index (χ1v) is 4.87. The third kappa shape index (κ3) is 1.73. The van der Waals surface area contributed by atoms with Gasteiger partial charge in [0.05, 0.1) is 18.9 Å². The molecule has 1 heterocycles. The van der Waals surface area contributed by atoms with Crippen molar-refractivity contribution >= 4 is 5.91 Å². The van der Waals surface area contributed by atoms with Crippen molar-refractivity contribution in [2.75, 3.05) is 7.05 Å². The smallest absolute Gasteiger partial charge is 0.243 e. The van der Waals surface area contributed by atoms with E-state index >= 15 is 0 Å². The molecule has 0 atom stereocenters. The molecular weight excluding hydrogens is 192 g/mol. The third-order valence-electron chi connectivity index (χ3n) is 2.69. The maximum absolute atomic E-state index is 11.8. The number of nitriles is 1. The molecule has 4 nitrogen and oxygen atoms in total. The molecule has 1 aliphatic rings. The minimum atomic E-state index is -0.735. The van der Waals surface area contributed by atoms with Gasteiger partial charge in [0, 0.05) is 7.05 Å². The highest BCUT2D eigenvalue weighted by molar-refractivity contribution is 5.88. The van der Waals surface area contributed by atoms with E-state index in [0.717, 1.165) is 5.76 Å². The van der Waals surface area contributed by atoms with Crippen molar-refractivity contribution in [1.82, 2.24) is 4.90 Å². The first-order valence-electron chi connectivity index (χ1n) is 4.87. The standard InChI is InChI=1S/C11H12N2O2/c1-13(7-9-3-2-6-15-9)10(14)11(8-12)4-5-11/h2-3,6H,4-5,7H2,1H3. The van der Waals surface area contributed by atoms with Crippen molar-refractivity contribution in [3.8, 4) is 6.07 Å². The first kappa shape index (κ1) is 9.78. The van der Waals surface area contributed by atoms with Gasteiger partial charge in [-0.25, -0.2) is 0 Å². The Balaban J connectivity index is 2.00. The van der Waals surface area contributed by atoms with Crippen LogP contribution in [0.5, 0.6) is 0 Å². The summed E-state index contributed by atoms with van der Waals surface area (Å²) in [6.07, 6.45) is 2.94. The Morgan fingerprint density at radius 3 is 2.93 bits per heavy atom. The predicted octanol–water partition coefficient (Wildman–Crippen LogP) is 1.54. The van der Waals surface area contributed by atoms with Crippen LogP contribution in [0.15, 0.2) is 22.8 Å². The van der Waals surface area contributed by atoms with Crippen molar-refractivity contribution in [2.45, 2.75) is 19.4 Å². The second kappa shape index (κ2) is 3.43. The maximum Gasteiger partial charge on any atom is 0.243 e. The highest BCUT2D eigenvalue weighted by atomic mass is 16.3. The number of furan rings is 1. The number of hydrogen-bond acceptors (Lipinski definition) is 3. The normalized spacial score (nSPS) is 16.8. The summed E-state index contributed by atoms with van der Waals surface area (Å²) in [5.74, 6) is 0.640. The van der Waals surface area contributed by atoms with E-state index in [4.69, 9.17) is 9.68 Å². The summed E-state index contributed by atoms with van der Waals surface area (Å²) in [6.45, 7) is 0.426. The zero-order valence-corrected chi connectivity index (χ0v) is 8.56. The minimum Gasteiger partial charge on any atom is -0.467 e. The van der Waals surface area contributed by atoms with Crippen molar-refractivity contribution in [3.63, 3.8) is 0 Å². The summed E-state index contributed by atoms with van der Waals surface area (Å²) in [6, 6.07) is 5.69. The van der Waals surface area contributed by atoms with E-state index in [1.165, 1.54) is 0 Å². The number of nitrogens with zero attached hydrogens (tertiary/aromatic N) is 2. The largest absolute Gasteiger partial charge is 0.467 e. The van der Waals surface area contributed by atoms with Gasteiger partial charge in [-0.2, -0.15) is 5.26 Å². The van der Waals surface area contributed by atoms with E-state index < -0.39 is 5.41 Å². The number of carbonyl (C=O) groups is 1. The lowest BCUT2D eigenvalue weighted by Gasteiger charge is -2.18. The van der Waals surface area contributed by atoms with Crippen LogP contribution in [0.3, 0.4) is 0 Å². The molecule has 1 saturated carbocycles. The molecular formula is C11H12N2O2. The average molecular weight is 204 g/mol. The summed E-state index contributed by atoms with van der Waals surface area (Å²) < 4.78 is 5.14. The summed E-state index contributed by atoms with van der Waals surface area (Å²) in [7, 11) is 1.70. The molecule has 0 aliphatic heterocycles. The van der Waals surface area contributed by atoms with Crippen molar-refractivity contribution in [1.29, 1.82) is 5.26 Å². The van der Waals surface area contributed by atoms with Crippen molar-refractivity contribution < 1.29 is 9.21 Å². The summed E-state index contributed by atoms with van der Waals surface area (Å²) in [4.78, 5) is 13.4. The number of amides is 1. The van der Waals surface area contributed by atoms with Gasteiger partial charge in [-0.3, -0.25) is 4.79 Å². The molecule has 1 aromatic rings. The Kier molecular flexibility index (Phi) is 2.24. The molecule has 78 valence electrons. The van der Waals surface area contributed by atoms with Gasteiger partial charge in [0.2, 0.25) is 5.91 Å². The van der Waals surface area contributed by atoms with Crippen molar-refractivity contribution in [2.24, 2.45) is 5.41 Å². The summed E-state index contributed by atoms with van der Waals surface area (Å²) >= 11 is 0. The number of carbonyl (C=O) groups excluding carboxylic acids is 1. The van der Waals surface area contributed by atoms with Gasteiger partial charge < -0.3 is 9.32 Å². The van der Waals surface area contributed by atoms with Crippen LogP contribution in [-0.2, 0) is 11.3 Å². The highest BCUT2D eigenvalue weighted by Crippen LogP contribution is 2.46. The molecule has 0 bridgehead atoms. The molecule has 1 fully saturated rings. The van der Waals surface area contributed by atoms with Gasteiger partial charge in [0.1, 0.15) is 11.2 Å². The molecule has 0 radical (unpaired) electrons. The quantitative estimate of drug-likeness (QED) is 0.750. The first-order chi connectivity index (χ1) is 7.18. The van der Waals surface area contributed by atoms with E-state index in [1.54, 1.807) is 24.3 Å². The van der Waals surface area contributed by atoms with E-state index in [1.807, 2.05) is 6.07 Å². The Bertz CT molecular complexity index is 399. The Labute approximate surface area is 88.1 Å². The molecule has 0 spiro atoms. The molecule has 2 rings (SSSR count). The van der Waals surface area contributed by atoms with E-state index in [2.05, 4.69) is 6.07 Å². The fourth-order valence-electron chi connectivity index (χ4n) is 1.57. The molecule has 0 saturated heterocycles. The van der Waals surface area contributed by atoms with Gasteiger partial charge in [-0.05, 0) is 25.0 Å². The van der Waals surface area contributed by atoms with Crippen LogP contribution in [0.1, 0.15) is 18.6 Å². The van der Waals surface area contributed by atoms with Crippen molar-refractivity contribution in [3.05, 3.63) is 24.2 Å². The Morgan fingerprint density at radius 1 is 1.73 bits per heavy atom. The van der Waals surface area contributed by atoms with Crippen LogP contribution >= 0.6 is 0 Å². The minimum absolute atomic E-state index is 0.0959. The fraction of sp³-hybridized carbons (Fsp3) is 0.455. The Morgan fingerprint density at radius 2 is 2.47 bits per heavy atom. The predicted molar refractivity (Wildman–Crippen MR) is 52.5 cm³/mol. The Hall–Kier alpha value is -1.76. The summed E-state index contributed by atoms with van der Waals surface area (Å²) in [5, 5.41) is 8.88. The second-order valence-electron chi connectivity index (χ2n) is 3.93. The molecule has 0 N–H and O–H groups in total. The molecule has 1 aromatic heterocycles. The lowest BCUT2D eigenvalue weighted by atomic mass is 10.1. The molecule has 1 aliphatic carbocycles. The fourth-order valence-corrected chi connectivity index (χ4v) is 1.57. The van der Waals surface area contributed by atoms with Crippen LogP contribution in [0.25, 0.3) is 0 Å². The second-order valence-corrected chi connectivity index (χ2v) is 3.93. The molecule has 4 heteroatoms. The highest BCUT2D eigenvalue weighted by Gasteiger charge is 2.51. The maximum atomic E-state index is 11.8.